The summed E-state index contributed by atoms with van der Waals surface area (Å²) in [5, 5.41) is 7.74. The first kappa shape index (κ1) is 10.0. The van der Waals surface area contributed by atoms with Crippen molar-refractivity contribution in [2.24, 2.45) is 0 Å². The van der Waals surface area contributed by atoms with Crippen molar-refractivity contribution in [3.8, 4) is 17.2 Å². The highest BCUT2D eigenvalue weighted by Gasteiger charge is 2.07. The van der Waals surface area contributed by atoms with Crippen LogP contribution in [0.3, 0.4) is 0 Å². The van der Waals surface area contributed by atoms with Crippen LogP contribution in [0.1, 0.15) is 5.89 Å². The van der Waals surface area contributed by atoms with E-state index in [1.54, 1.807) is 7.11 Å². The molecule has 15 heavy (non-hydrogen) atoms. The van der Waals surface area contributed by atoms with Crippen LogP contribution < -0.4 is 4.74 Å². The molecule has 0 aliphatic heterocycles. The molecule has 0 N–H and O–H groups in total. The summed E-state index contributed by atoms with van der Waals surface area (Å²) in [6.45, 7) is 0. The van der Waals surface area contributed by atoms with E-state index in [0.29, 0.717) is 17.5 Å². The van der Waals surface area contributed by atoms with Gasteiger partial charge in [0.1, 0.15) is 5.75 Å². The number of hydrogen-bond donors (Lipinski definition) is 1. The predicted octanol–water partition coefficient (Wildman–Crippen LogP) is 2.17. The SMILES string of the molecule is COc1cccc(-c2nnc(CS)o2)c1. The summed E-state index contributed by atoms with van der Waals surface area (Å²) in [7, 11) is 1.62. The zero-order valence-electron chi connectivity index (χ0n) is 8.17. The Balaban J connectivity index is 2.35. The Labute approximate surface area is 92.7 Å². The third kappa shape index (κ3) is 2.12. The average molecular weight is 222 g/mol. The van der Waals surface area contributed by atoms with Gasteiger partial charge in [0.25, 0.3) is 0 Å². The third-order valence-electron chi connectivity index (χ3n) is 1.92. The molecule has 0 radical (unpaired) electrons. The molecule has 0 bridgehead atoms. The fourth-order valence-electron chi connectivity index (χ4n) is 1.19. The van der Waals surface area contributed by atoms with Crippen molar-refractivity contribution >= 4 is 12.6 Å². The molecular weight excluding hydrogens is 212 g/mol. The Morgan fingerprint density at radius 2 is 2.27 bits per heavy atom. The van der Waals surface area contributed by atoms with E-state index < -0.39 is 0 Å². The number of thiol groups is 1. The molecule has 0 saturated heterocycles. The summed E-state index contributed by atoms with van der Waals surface area (Å²) >= 11 is 4.05. The second-order valence-corrected chi connectivity index (χ2v) is 3.21. The zero-order valence-corrected chi connectivity index (χ0v) is 9.07. The minimum absolute atomic E-state index is 0.441. The highest BCUT2D eigenvalue weighted by molar-refractivity contribution is 7.79. The maximum Gasteiger partial charge on any atom is 0.247 e. The molecular formula is C10H10N2O2S. The molecule has 5 heteroatoms. The molecule has 1 aromatic carbocycles. The largest absolute Gasteiger partial charge is 0.497 e. The van der Waals surface area contributed by atoms with Gasteiger partial charge in [-0.15, -0.1) is 10.2 Å². The Morgan fingerprint density at radius 1 is 1.40 bits per heavy atom. The molecule has 0 atom stereocenters. The van der Waals surface area contributed by atoms with Crippen LogP contribution in [0.4, 0.5) is 0 Å². The first-order valence-corrected chi connectivity index (χ1v) is 5.04. The smallest absolute Gasteiger partial charge is 0.247 e. The minimum Gasteiger partial charge on any atom is -0.497 e. The van der Waals surface area contributed by atoms with Crippen LogP contribution >= 0.6 is 12.6 Å². The van der Waals surface area contributed by atoms with Gasteiger partial charge in [-0.1, -0.05) is 6.07 Å². The maximum absolute atomic E-state index is 5.36. The van der Waals surface area contributed by atoms with Gasteiger partial charge in [-0.25, -0.2) is 0 Å². The first-order chi connectivity index (χ1) is 7.33. The molecule has 2 aromatic rings. The van der Waals surface area contributed by atoms with Crippen molar-refractivity contribution in [3.05, 3.63) is 30.2 Å². The normalized spacial score (nSPS) is 10.3. The molecule has 4 nitrogen and oxygen atoms in total. The molecule has 2 rings (SSSR count). The van der Waals surface area contributed by atoms with Crippen LogP contribution in [0, 0.1) is 0 Å². The number of methoxy groups -OCH3 is 1. The summed E-state index contributed by atoms with van der Waals surface area (Å²) < 4.78 is 10.5. The third-order valence-corrected chi connectivity index (χ3v) is 2.19. The number of aromatic nitrogens is 2. The number of benzene rings is 1. The zero-order chi connectivity index (χ0) is 10.7. The van der Waals surface area contributed by atoms with Crippen molar-refractivity contribution in [2.45, 2.75) is 5.75 Å². The maximum atomic E-state index is 5.36. The number of ether oxygens (including phenoxy) is 1. The van der Waals surface area contributed by atoms with Gasteiger partial charge in [0.05, 0.1) is 12.9 Å². The van der Waals surface area contributed by atoms with E-state index in [0.717, 1.165) is 11.3 Å². The van der Waals surface area contributed by atoms with Crippen molar-refractivity contribution in [2.75, 3.05) is 7.11 Å². The molecule has 1 aromatic heterocycles. The van der Waals surface area contributed by atoms with Crippen molar-refractivity contribution in [3.63, 3.8) is 0 Å². The fourth-order valence-corrected chi connectivity index (χ4v) is 1.32. The lowest BCUT2D eigenvalue weighted by Gasteiger charge is -1.99. The Bertz CT molecular complexity index is 456. The molecule has 0 aliphatic carbocycles. The standard InChI is InChI=1S/C10H10N2O2S/c1-13-8-4-2-3-7(5-8)10-12-11-9(6-15)14-10/h2-5,15H,6H2,1H3. The highest BCUT2D eigenvalue weighted by atomic mass is 32.1. The monoisotopic (exact) mass is 222 g/mol. The molecule has 78 valence electrons. The Kier molecular flexibility index (Phi) is 2.91. The van der Waals surface area contributed by atoms with Crippen LogP contribution in [-0.4, -0.2) is 17.3 Å². The average Bonchev–Trinajstić information content (AvgIpc) is 2.78. The van der Waals surface area contributed by atoms with E-state index in [-0.39, 0.29) is 0 Å². The van der Waals surface area contributed by atoms with Crippen LogP contribution in [0.2, 0.25) is 0 Å². The van der Waals surface area contributed by atoms with Gasteiger partial charge in [-0.3, -0.25) is 0 Å². The van der Waals surface area contributed by atoms with Gasteiger partial charge in [-0.2, -0.15) is 12.6 Å². The van der Waals surface area contributed by atoms with Crippen molar-refractivity contribution in [1.29, 1.82) is 0 Å². The van der Waals surface area contributed by atoms with Crippen molar-refractivity contribution < 1.29 is 9.15 Å². The van der Waals surface area contributed by atoms with Gasteiger partial charge >= 0.3 is 0 Å². The van der Waals surface area contributed by atoms with Gasteiger partial charge in [-0.05, 0) is 18.2 Å². The summed E-state index contributed by atoms with van der Waals surface area (Å²) in [5.74, 6) is 2.20. The van der Waals surface area contributed by atoms with E-state index >= 15 is 0 Å². The topological polar surface area (TPSA) is 48.2 Å². The molecule has 0 fully saturated rings. The summed E-state index contributed by atoms with van der Waals surface area (Å²) in [5.41, 5.74) is 0.842. The van der Waals surface area contributed by atoms with Crippen LogP contribution in [-0.2, 0) is 5.75 Å². The van der Waals surface area contributed by atoms with E-state index in [1.165, 1.54) is 0 Å². The first-order valence-electron chi connectivity index (χ1n) is 4.41. The number of nitrogens with zero attached hydrogens (tertiary/aromatic N) is 2. The number of rotatable bonds is 3. The fraction of sp³-hybridized carbons (Fsp3) is 0.200. The molecule has 0 saturated carbocycles. The van der Waals surface area contributed by atoms with Crippen LogP contribution in [0.15, 0.2) is 28.7 Å². The molecule has 0 aliphatic rings. The van der Waals surface area contributed by atoms with Crippen LogP contribution in [0.25, 0.3) is 11.5 Å². The molecule has 0 amide bonds. The van der Waals surface area contributed by atoms with Gasteiger partial charge < -0.3 is 9.15 Å². The van der Waals surface area contributed by atoms with Crippen LogP contribution in [0.5, 0.6) is 5.75 Å². The van der Waals surface area contributed by atoms with Gasteiger partial charge in [0.2, 0.25) is 11.8 Å². The van der Waals surface area contributed by atoms with E-state index in [1.807, 2.05) is 24.3 Å². The highest BCUT2D eigenvalue weighted by Crippen LogP contribution is 2.22. The quantitative estimate of drug-likeness (QED) is 0.808. The van der Waals surface area contributed by atoms with Gasteiger partial charge in [0, 0.05) is 5.56 Å². The molecule has 0 spiro atoms. The predicted molar refractivity (Wildman–Crippen MR) is 59.0 cm³/mol. The molecule has 0 unspecified atom stereocenters. The minimum atomic E-state index is 0.441. The Hall–Kier alpha value is -1.49. The summed E-state index contributed by atoms with van der Waals surface area (Å²) in [6.07, 6.45) is 0. The van der Waals surface area contributed by atoms with E-state index in [4.69, 9.17) is 9.15 Å². The second kappa shape index (κ2) is 4.35. The lowest BCUT2D eigenvalue weighted by Crippen LogP contribution is -1.83. The molecule has 1 heterocycles. The lowest BCUT2D eigenvalue weighted by molar-refractivity contribution is 0.414. The van der Waals surface area contributed by atoms with E-state index in [9.17, 15) is 0 Å². The summed E-state index contributed by atoms with van der Waals surface area (Å²) in [6, 6.07) is 7.46. The number of hydrogen-bond acceptors (Lipinski definition) is 5. The lowest BCUT2D eigenvalue weighted by atomic mass is 10.2. The van der Waals surface area contributed by atoms with Crippen molar-refractivity contribution in [1.82, 2.24) is 10.2 Å². The van der Waals surface area contributed by atoms with Gasteiger partial charge in [0.15, 0.2) is 0 Å². The summed E-state index contributed by atoms with van der Waals surface area (Å²) in [4.78, 5) is 0. The van der Waals surface area contributed by atoms with E-state index in [2.05, 4.69) is 22.8 Å². The second-order valence-electron chi connectivity index (χ2n) is 2.89. The Morgan fingerprint density at radius 3 is 2.93 bits per heavy atom.